The summed E-state index contributed by atoms with van der Waals surface area (Å²) in [7, 11) is 0. The molecule has 2 aliphatic rings. The van der Waals surface area contributed by atoms with Gasteiger partial charge in [-0.25, -0.2) is 0 Å². The van der Waals surface area contributed by atoms with E-state index in [1.807, 2.05) is 23.1 Å². The second kappa shape index (κ2) is 10.7. The molecule has 3 rings (SSSR count). The molecule has 1 aromatic rings. The largest absolute Gasteiger partial charge is 0.372 e. The number of likely N-dealkylation sites (tertiary alicyclic amines) is 1. The van der Waals surface area contributed by atoms with E-state index in [1.54, 1.807) is 6.20 Å². The van der Waals surface area contributed by atoms with E-state index in [1.165, 1.54) is 0 Å². The minimum atomic E-state index is -0.340. The van der Waals surface area contributed by atoms with Crippen LogP contribution in [-0.2, 0) is 20.9 Å². The van der Waals surface area contributed by atoms with Crippen LogP contribution in [0.3, 0.4) is 0 Å². The van der Waals surface area contributed by atoms with Gasteiger partial charge in [-0.1, -0.05) is 19.9 Å². The zero-order valence-electron chi connectivity index (χ0n) is 17.7. The maximum Gasteiger partial charge on any atom is 0.237 e. The van der Waals surface area contributed by atoms with Crippen LogP contribution in [0.1, 0.15) is 45.2 Å². The van der Waals surface area contributed by atoms with Crippen molar-refractivity contribution in [3.05, 3.63) is 30.1 Å². The average molecular weight is 403 g/mol. The smallest absolute Gasteiger partial charge is 0.237 e. The molecular formula is C22H34N4O3. The summed E-state index contributed by atoms with van der Waals surface area (Å²) >= 11 is 0. The van der Waals surface area contributed by atoms with Crippen LogP contribution in [0.5, 0.6) is 0 Å². The number of carbonyl (C=O) groups is 2. The van der Waals surface area contributed by atoms with Gasteiger partial charge in [0, 0.05) is 32.4 Å². The fraction of sp³-hybridized carbons (Fsp3) is 0.682. The van der Waals surface area contributed by atoms with Gasteiger partial charge in [0.25, 0.3) is 0 Å². The van der Waals surface area contributed by atoms with Crippen LogP contribution in [0.15, 0.2) is 24.4 Å². The number of rotatable bonds is 8. The quantitative estimate of drug-likeness (QED) is 0.718. The van der Waals surface area contributed by atoms with Gasteiger partial charge in [-0.15, -0.1) is 0 Å². The van der Waals surface area contributed by atoms with Crippen LogP contribution in [0.4, 0.5) is 0 Å². The summed E-state index contributed by atoms with van der Waals surface area (Å²) in [6.07, 6.45) is 4.88. The van der Waals surface area contributed by atoms with Crippen molar-refractivity contribution in [2.45, 2.75) is 58.3 Å². The van der Waals surface area contributed by atoms with Crippen LogP contribution in [-0.4, -0.2) is 71.5 Å². The molecule has 7 nitrogen and oxygen atoms in total. The Hall–Kier alpha value is -1.99. The van der Waals surface area contributed by atoms with Crippen LogP contribution in [0, 0.1) is 5.92 Å². The number of nitrogens with zero attached hydrogens (tertiary/aromatic N) is 3. The summed E-state index contributed by atoms with van der Waals surface area (Å²) in [5, 5.41) is 2.92. The molecule has 2 aliphatic heterocycles. The van der Waals surface area contributed by atoms with Crippen molar-refractivity contribution < 1.29 is 14.3 Å². The van der Waals surface area contributed by atoms with E-state index in [-0.39, 0.29) is 30.4 Å². The predicted molar refractivity (Wildman–Crippen MR) is 111 cm³/mol. The number of nitrogens with one attached hydrogen (secondary N) is 1. The summed E-state index contributed by atoms with van der Waals surface area (Å²) in [6, 6.07) is 5.47. The number of hydrogen-bond donors (Lipinski definition) is 1. The van der Waals surface area contributed by atoms with Crippen LogP contribution < -0.4 is 5.32 Å². The first-order chi connectivity index (χ1) is 14.0. The fourth-order valence-corrected chi connectivity index (χ4v) is 3.93. The molecule has 1 aromatic heterocycles. The second-order valence-electron chi connectivity index (χ2n) is 8.44. The van der Waals surface area contributed by atoms with E-state index in [9.17, 15) is 9.59 Å². The Morgan fingerprint density at radius 1 is 1.28 bits per heavy atom. The molecule has 0 radical (unpaired) electrons. The van der Waals surface area contributed by atoms with Gasteiger partial charge in [0.1, 0.15) is 0 Å². The number of piperidine rings is 1. The standard InChI is InChI=1S/C22H34N4O3/c1-17(2)6-11-25-14-10-24-22(28)20(25)15-21(27)26-12-7-19(8-13-26)29-16-18-5-3-4-9-23-18/h3-5,9,17,19-20H,6-8,10-16H2,1-2H3,(H,24,28). The van der Waals surface area contributed by atoms with Gasteiger partial charge in [-0.05, 0) is 43.9 Å². The molecule has 2 fully saturated rings. The lowest BCUT2D eigenvalue weighted by Crippen LogP contribution is -2.57. The Morgan fingerprint density at radius 3 is 2.76 bits per heavy atom. The summed E-state index contributed by atoms with van der Waals surface area (Å²) in [5.74, 6) is 0.646. The first kappa shape index (κ1) is 21.7. The van der Waals surface area contributed by atoms with Crippen molar-refractivity contribution in [3.63, 3.8) is 0 Å². The van der Waals surface area contributed by atoms with Crippen molar-refractivity contribution in [1.29, 1.82) is 0 Å². The molecule has 3 heterocycles. The highest BCUT2D eigenvalue weighted by Gasteiger charge is 2.33. The molecule has 2 saturated heterocycles. The first-order valence-corrected chi connectivity index (χ1v) is 10.8. The molecule has 0 bridgehead atoms. The lowest BCUT2D eigenvalue weighted by Gasteiger charge is -2.37. The molecule has 0 aromatic carbocycles. The van der Waals surface area contributed by atoms with Crippen molar-refractivity contribution in [2.75, 3.05) is 32.7 Å². The van der Waals surface area contributed by atoms with Gasteiger partial charge in [0.15, 0.2) is 0 Å². The van der Waals surface area contributed by atoms with Crippen LogP contribution >= 0.6 is 0 Å². The Bertz CT molecular complexity index is 659. The topological polar surface area (TPSA) is 74.8 Å². The molecule has 2 amide bonds. The number of pyridine rings is 1. The highest BCUT2D eigenvalue weighted by atomic mass is 16.5. The van der Waals surface area contributed by atoms with E-state index in [4.69, 9.17) is 4.74 Å². The Kier molecular flexibility index (Phi) is 8.00. The van der Waals surface area contributed by atoms with E-state index >= 15 is 0 Å². The highest BCUT2D eigenvalue weighted by molar-refractivity contribution is 5.88. The molecule has 1 N–H and O–H groups in total. The lowest BCUT2D eigenvalue weighted by atomic mass is 10.0. The monoisotopic (exact) mass is 402 g/mol. The third kappa shape index (κ3) is 6.51. The van der Waals surface area contributed by atoms with E-state index in [0.717, 1.165) is 38.0 Å². The molecule has 0 aliphatic carbocycles. The van der Waals surface area contributed by atoms with Crippen molar-refractivity contribution >= 4 is 11.8 Å². The average Bonchev–Trinajstić information content (AvgIpc) is 2.73. The van der Waals surface area contributed by atoms with E-state index in [2.05, 4.69) is 29.0 Å². The maximum atomic E-state index is 12.9. The molecule has 0 spiro atoms. The van der Waals surface area contributed by atoms with Gasteiger partial charge in [0.05, 0.1) is 30.9 Å². The van der Waals surface area contributed by atoms with Crippen molar-refractivity contribution in [3.8, 4) is 0 Å². The Balaban J connectivity index is 1.45. The molecule has 160 valence electrons. The summed E-state index contributed by atoms with van der Waals surface area (Å²) in [5.41, 5.74) is 0.927. The Labute approximate surface area is 173 Å². The molecular weight excluding hydrogens is 368 g/mol. The summed E-state index contributed by atoms with van der Waals surface area (Å²) < 4.78 is 5.96. The normalized spacial score (nSPS) is 21.4. The van der Waals surface area contributed by atoms with Gasteiger partial charge < -0.3 is 15.0 Å². The SMILES string of the molecule is CC(C)CCN1CCNC(=O)C1CC(=O)N1CCC(OCc2ccccn2)CC1. The number of aromatic nitrogens is 1. The number of piperazine rings is 1. The van der Waals surface area contributed by atoms with Crippen molar-refractivity contribution in [2.24, 2.45) is 5.92 Å². The third-order valence-corrected chi connectivity index (χ3v) is 5.79. The number of amides is 2. The molecule has 1 atom stereocenters. The van der Waals surface area contributed by atoms with Gasteiger partial charge >= 0.3 is 0 Å². The Morgan fingerprint density at radius 2 is 2.07 bits per heavy atom. The van der Waals surface area contributed by atoms with E-state index in [0.29, 0.717) is 32.2 Å². The first-order valence-electron chi connectivity index (χ1n) is 10.8. The number of hydrogen-bond acceptors (Lipinski definition) is 5. The third-order valence-electron chi connectivity index (χ3n) is 5.79. The summed E-state index contributed by atoms with van der Waals surface area (Å²) in [4.78, 5) is 33.6. The summed E-state index contributed by atoms with van der Waals surface area (Å²) in [6.45, 7) is 8.60. The minimum absolute atomic E-state index is 0.0121. The van der Waals surface area contributed by atoms with Gasteiger partial charge in [-0.3, -0.25) is 19.5 Å². The highest BCUT2D eigenvalue weighted by Crippen LogP contribution is 2.18. The fourth-order valence-electron chi connectivity index (χ4n) is 3.93. The lowest BCUT2D eigenvalue weighted by molar-refractivity contribution is -0.140. The number of ether oxygens (including phenoxy) is 1. The molecule has 0 saturated carbocycles. The maximum absolute atomic E-state index is 12.9. The van der Waals surface area contributed by atoms with Gasteiger partial charge in [0.2, 0.25) is 11.8 Å². The van der Waals surface area contributed by atoms with Crippen LogP contribution in [0.25, 0.3) is 0 Å². The van der Waals surface area contributed by atoms with Crippen LogP contribution in [0.2, 0.25) is 0 Å². The molecule has 1 unspecified atom stereocenters. The number of carbonyl (C=O) groups excluding carboxylic acids is 2. The van der Waals surface area contributed by atoms with E-state index < -0.39 is 0 Å². The predicted octanol–water partition coefficient (Wildman–Crippen LogP) is 1.83. The van der Waals surface area contributed by atoms with Crippen molar-refractivity contribution in [1.82, 2.24) is 20.1 Å². The zero-order chi connectivity index (χ0) is 20.6. The zero-order valence-corrected chi connectivity index (χ0v) is 17.7. The molecule has 7 heteroatoms. The minimum Gasteiger partial charge on any atom is -0.372 e. The van der Waals surface area contributed by atoms with Gasteiger partial charge in [-0.2, -0.15) is 0 Å². The molecule has 29 heavy (non-hydrogen) atoms. The second-order valence-corrected chi connectivity index (χ2v) is 8.44.